The minimum Gasteiger partial charge on any atom is -0.356 e. The fourth-order valence-electron chi connectivity index (χ4n) is 3.58. The summed E-state index contributed by atoms with van der Waals surface area (Å²) in [5.41, 5.74) is 6.62. The molecule has 5 heteroatoms. The second-order valence-corrected chi connectivity index (χ2v) is 7.15. The van der Waals surface area contributed by atoms with Crippen LogP contribution in [0.5, 0.6) is 0 Å². The van der Waals surface area contributed by atoms with E-state index in [9.17, 15) is 0 Å². The van der Waals surface area contributed by atoms with Crippen LogP contribution in [0.2, 0.25) is 0 Å². The van der Waals surface area contributed by atoms with Crippen molar-refractivity contribution in [2.45, 2.75) is 45.6 Å². The zero-order chi connectivity index (χ0) is 18.0. The molecule has 0 atom stereocenters. The van der Waals surface area contributed by atoms with Crippen LogP contribution in [-0.2, 0) is 19.0 Å². The van der Waals surface area contributed by atoms with Crippen LogP contribution in [0.3, 0.4) is 0 Å². The molecule has 2 aromatic rings. The van der Waals surface area contributed by atoms with E-state index in [2.05, 4.69) is 65.8 Å². The van der Waals surface area contributed by atoms with Crippen LogP contribution in [0.4, 0.5) is 0 Å². The monoisotopic (exact) mass is 339 g/mol. The Hall–Kier alpha value is -2.30. The molecule has 1 aromatic heterocycles. The van der Waals surface area contributed by atoms with Gasteiger partial charge in [0.15, 0.2) is 5.96 Å². The lowest BCUT2D eigenvalue weighted by Gasteiger charge is -2.21. The largest absolute Gasteiger partial charge is 0.356 e. The highest BCUT2D eigenvalue weighted by molar-refractivity contribution is 5.79. The Balaban J connectivity index is 1.61. The highest BCUT2D eigenvalue weighted by Gasteiger charge is 2.44. The van der Waals surface area contributed by atoms with Gasteiger partial charge in [-0.3, -0.25) is 9.67 Å². The molecular formula is C20H29N5. The van der Waals surface area contributed by atoms with Gasteiger partial charge < -0.3 is 10.6 Å². The summed E-state index contributed by atoms with van der Waals surface area (Å²) >= 11 is 0. The normalized spacial score (nSPS) is 16.0. The Morgan fingerprint density at radius 1 is 1.20 bits per heavy atom. The second kappa shape index (κ2) is 6.90. The van der Waals surface area contributed by atoms with Gasteiger partial charge in [-0.2, -0.15) is 5.10 Å². The maximum atomic E-state index is 4.48. The lowest BCUT2D eigenvalue weighted by Crippen LogP contribution is -2.41. The smallest absolute Gasteiger partial charge is 0.191 e. The summed E-state index contributed by atoms with van der Waals surface area (Å²) in [6.07, 6.45) is 2.48. The Morgan fingerprint density at radius 2 is 1.92 bits per heavy atom. The van der Waals surface area contributed by atoms with Crippen LogP contribution in [0.15, 0.2) is 29.3 Å². The number of rotatable bonds is 5. The molecule has 1 heterocycles. The van der Waals surface area contributed by atoms with Crippen molar-refractivity contribution in [3.05, 3.63) is 52.3 Å². The molecule has 134 valence electrons. The van der Waals surface area contributed by atoms with Gasteiger partial charge in [-0.1, -0.05) is 24.3 Å². The van der Waals surface area contributed by atoms with Crippen LogP contribution in [0, 0.1) is 20.8 Å². The predicted octanol–water partition coefficient (Wildman–Crippen LogP) is 2.74. The molecule has 0 radical (unpaired) electrons. The van der Waals surface area contributed by atoms with Crippen LogP contribution in [0.1, 0.15) is 40.9 Å². The summed E-state index contributed by atoms with van der Waals surface area (Å²) in [5.74, 6) is 0.850. The van der Waals surface area contributed by atoms with Gasteiger partial charge in [0.05, 0.1) is 5.69 Å². The molecule has 2 N–H and O–H groups in total. The highest BCUT2D eigenvalue weighted by Crippen LogP contribution is 2.48. The summed E-state index contributed by atoms with van der Waals surface area (Å²) in [6, 6.07) is 8.73. The van der Waals surface area contributed by atoms with E-state index in [1.165, 1.54) is 35.2 Å². The molecule has 1 aromatic carbocycles. The van der Waals surface area contributed by atoms with Crippen molar-refractivity contribution in [2.24, 2.45) is 12.0 Å². The van der Waals surface area contributed by atoms with Gasteiger partial charge in [0, 0.05) is 43.9 Å². The van der Waals surface area contributed by atoms with Gasteiger partial charge in [0.2, 0.25) is 0 Å². The number of nitrogens with zero attached hydrogens (tertiary/aromatic N) is 3. The van der Waals surface area contributed by atoms with Crippen molar-refractivity contribution in [1.82, 2.24) is 20.4 Å². The number of hydrogen-bond acceptors (Lipinski definition) is 2. The molecule has 5 nitrogen and oxygen atoms in total. The molecule has 1 saturated carbocycles. The van der Waals surface area contributed by atoms with Crippen LogP contribution >= 0.6 is 0 Å². The summed E-state index contributed by atoms with van der Waals surface area (Å²) in [7, 11) is 3.81. The van der Waals surface area contributed by atoms with Crippen molar-refractivity contribution < 1.29 is 0 Å². The molecule has 0 unspecified atom stereocenters. The average molecular weight is 339 g/mol. The van der Waals surface area contributed by atoms with E-state index in [-0.39, 0.29) is 5.41 Å². The molecule has 0 aliphatic heterocycles. The molecule has 0 bridgehead atoms. The number of aryl methyl sites for hydroxylation is 3. The van der Waals surface area contributed by atoms with Gasteiger partial charge in [0.25, 0.3) is 0 Å². The third-order valence-electron chi connectivity index (χ3n) is 5.48. The Morgan fingerprint density at radius 3 is 2.48 bits per heavy atom. The molecule has 25 heavy (non-hydrogen) atoms. The second-order valence-electron chi connectivity index (χ2n) is 7.15. The van der Waals surface area contributed by atoms with E-state index in [4.69, 9.17) is 0 Å². The van der Waals surface area contributed by atoms with Crippen LogP contribution < -0.4 is 10.6 Å². The van der Waals surface area contributed by atoms with Crippen molar-refractivity contribution in [3.8, 4) is 0 Å². The number of guanidine groups is 1. The van der Waals surface area contributed by atoms with Gasteiger partial charge in [-0.15, -0.1) is 0 Å². The van der Waals surface area contributed by atoms with E-state index >= 15 is 0 Å². The Kier molecular flexibility index (Phi) is 4.84. The number of hydrogen-bond donors (Lipinski definition) is 2. The first-order valence-electron chi connectivity index (χ1n) is 8.96. The minimum atomic E-state index is 0.267. The van der Waals surface area contributed by atoms with Crippen LogP contribution in [0.25, 0.3) is 0 Å². The van der Waals surface area contributed by atoms with E-state index < -0.39 is 0 Å². The molecular weight excluding hydrogens is 310 g/mol. The first-order valence-corrected chi connectivity index (χ1v) is 8.96. The zero-order valence-electron chi connectivity index (χ0n) is 16.0. The number of nitrogens with one attached hydrogen (secondary N) is 2. The molecule has 0 amide bonds. The lowest BCUT2D eigenvalue weighted by atomic mass is 9.92. The van der Waals surface area contributed by atoms with Crippen molar-refractivity contribution in [3.63, 3.8) is 0 Å². The quantitative estimate of drug-likeness (QED) is 0.650. The van der Waals surface area contributed by atoms with E-state index in [1.807, 2.05) is 18.8 Å². The highest BCUT2D eigenvalue weighted by atomic mass is 15.3. The summed E-state index contributed by atoms with van der Waals surface area (Å²) in [5, 5.41) is 11.4. The standard InChI is InChI=1S/C20H29N5/c1-14-8-6-7-9-18(14)20(10-11-20)13-23-19(21-4)22-12-17-15(2)24-25(5)16(17)3/h6-9H,10-13H2,1-5H3,(H2,21,22,23). The maximum Gasteiger partial charge on any atom is 0.191 e. The molecule has 1 aliphatic carbocycles. The summed E-state index contributed by atoms with van der Waals surface area (Å²) < 4.78 is 1.93. The van der Waals surface area contributed by atoms with Gasteiger partial charge in [-0.05, 0) is 44.7 Å². The van der Waals surface area contributed by atoms with E-state index in [0.29, 0.717) is 0 Å². The van der Waals surface area contributed by atoms with E-state index in [1.54, 1.807) is 0 Å². The molecule has 0 saturated heterocycles. The Bertz CT molecular complexity index is 783. The first-order chi connectivity index (χ1) is 12.0. The van der Waals surface area contributed by atoms with Gasteiger partial charge >= 0.3 is 0 Å². The van der Waals surface area contributed by atoms with E-state index in [0.717, 1.165) is 24.7 Å². The van der Waals surface area contributed by atoms with Gasteiger partial charge in [0.1, 0.15) is 0 Å². The molecule has 1 aliphatic rings. The molecule has 3 rings (SSSR count). The first kappa shape index (κ1) is 17.5. The average Bonchev–Trinajstić information content (AvgIpc) is 3.33. The topological polar surface area (TPSA) is 54.2 Å². The third kappa shape index (κ3) is 3.55. The van der Waals surface area contributed by atoms with Crippen molar-refractivity contribution in [1.29, 1.82) is 0 Å². The zero-order valence-corrected chi connectivity index (χ0v) is 16.0. The summed E-state index contributed by atoms with van der Waals surface area (Å²) in [6.45, 7) is 8.02. The fourth-order valence-corrected chi connectivity index (χ4v) is 3.58. The number of benzene rings is 1. The van der Waals surface area contributed by atoms with Crippen molar-refractivity contribution >= 4 is 5.96 Å². The fraction of sp³-hybridized carbons (Fsp3) is 0.500. The number of aliphatic imine (C=N–C) groups is 1. The SMILES string of the molecule is CN=C(NCc1c(C)nn(C)c1C)NCC1(c2ccccc2C)CC1. The predicted molar refractivity (Wildman–Crippen MR) is 103 cm³/mol. The Labute approximate surface area is 150 Å². The number of aromatic nitrogens is 2. The van der Waals surface area contributed by atoms with Crippen molar-refractivity contribution in [2.75, 3.05) is 13.6 Å². The molecule has 1 fully saturated rings. The minimum absolute atomic E-state index is 0.267. The van der Waals surface area contributed by atoms with Crippen LogP contribution in [-0.4, -0.2) is 29.3 Å². The third-order valence-corrected chi connectivity index (χ3v) is 5.48. The maximum absolute atomic E-state index is 4.48. The van der Waals surface area contributed by atoms with Gasteiger partial charge in [-0.25, -0.2) is 0 Å². The summed E-state index contributed by atoms with van der Waals surface area (Å²) in [4.78, 5) is 4.38. The lowest BCUT2D eigenvalue weighted by molar-refractivity contribution is 0.641. The molecule has 0 spiro atoms.